The Kier molecular flexibility index (Phi) is 5.76. The summed E-state index contributed by atoms with van der Waals surface area (Å²) in [5, 5.41) is 11.4. The van der Waals surface area contributed by atoms with E-state index in [0.717, 1.165) is 38.5 Å². The van der Waals surface area contributed by atoms with Crippen LogP contribution in [0.25, 0.3) is 0 Å². The SMILES string of the molecule is CC(C)=CCC[C@@H](C)[C@H]1[C@H](O)C[C@@]2(C)C3=CC[C@H]4C(C)(C)C(=O)CC[C@]4(C)C3=CC[C@]12C. The van der Waals surface area contributed by atoms with Crippen LogP contribution >= 0.6 is 0 Å². The van der Waals surface area contributed by atoms with E-state index in [1.54, 1.807) is 0 Å². The number of carbonyl (C=O) groups excluding carboxylic acids is 1. The maximum absolute atomic E-state index is 12.8. The van der Waals surface area contributed by atoms with Crippen molar-refractivity contribution in [2.45, 2.75) is 106 Å². The minimum Gasteiger partial charge on any atom is -0.393 e. The molecule has 4 aliphatic rings. The van der Waals surface area contributed by atoms with Gasteiger partial charge in [0.1, 0.15) is 5.78 Å². The minimum atomic E-state index is -0.255. The van der Waals surface area contributed by atoms with Gasteiger partial charge in [-0.15, -0.1) is 0 Å². The average Bonchev–Trinajstić information content (AvgIpc) is 2.90. The summed E-state index contributed by atoms with van der Waals surface area (Å²) >= 11 is 0. The van der Waals surface area contributed by atoms with Gasteiger partial charge in [0, 0.05) is 17.3 Å². The molecule has 2 saturated carbocycles. The van der Waals surface area contributed by atoms with Crippen LogP contribution in [0.5, 0.6) is 0 Å². The summed E-state index contributed by atoms with van der Waals surface area (Å²) in [7, 11) is 0. The highest BCUT2D eigenvalue weighted by Crippen LogP contribution is 2.71. The van der Waals surface area contributed by atoms with Gasteiger partial charge in [0.25, 0.3) is 0 Å². The molecule has 2 fully saturated rings. The van der Waals surface area contributed by atoms with Crippen LogP contribution in [0.15, 0.2) is 34.9 Å². The Labute approximate surface area is 196 Å². The van der Waals surface area contributed by atoms with E-state index >= 15 is 0 Å². The lowest BCUT2D eigenvalue weighted by molar-refractivity contribution is -0.138. The summed E-state index contributed by atoms with van der Waals surface area (Å²) in [4.78, 5) is 12.8. The molecule has 0 aromatic heterocycles. The molecule has 178 valence electrons. The second-order valence-electron chi connectivity index (χ2n) is 13.2. The number of rotatable bonds is 4. The molecule has 0 spiro atoms. The van der Waals surface area contributed by atoms with Crippen molar-refractivity contribution in [3.05, 3.63) is 34.9 Å². The number of ketones is 1. The predicted octanol–water partition coefficient (Wildman–Crippen LogP) is 7.43. The third kappa shape index (κ3) is 3.18. The average molecular weight is 439 g/mol. The number of aliphatic hydroxyl groups excluding tert-OH is 1. The quantitative estimate of drug-likeness (QED) is 0.463. The molecule has 4 rings (SSSR count). The largest absolute Gasteiger partial charge is 0.393 e. The number of hydrogen-bond donors (Lipinski definition) is 1. The highest BCUT2D eigenvalue weighted by Gasteiger charge is 2.65. The maximum Gasteiger partial charge on any atom is 0.138 e. The van der Waals surface area contributed by atoms with E-state index < -0.39 is 0 Å². The van der Waals surface area contributed by atoms with Crippen molar-refractivity contribution in [2.75, 3.05) is 0 Å². The van der Waals surface area contributed by atoms with Gasteiger partial charge in [-0.2, -0.15) is 0 Å². The van der Waals surface area contributed by atoms with E-state index in [2.05, 4.69) is 73.6 Å². The Hall–Kier alpha value is -1.15. The van der Waals surface area contributed by atoms with E-state index in [4.69, 9.17) is 0 Å². The minimum absolute atomic E-state index is 0.00547. The van der Waals surface area contributed by atoms with Crippen LogP contribution in [0.2, 0.25) is 0 Å². The van der Waals surface area contributed by atoms with Crippen molar-refractivity contribution in [3.63, 3.8) is 0 Å². The Balaban J connectivity index is 1.70. The van der Waals surface area contributed by atoms with Crippen LogP contribution < -0.4 is 0 Å². The summed E-state index contributed by atoms with van der Waals surface area (Å²) in [6, 6.07) is 0. The lowest BCUT2D eigenvalue weighted by atomic mass is 9.44. The van der Waals surface area contributed by atoms with Crippen molar-refractivity contribution in [1.29, 1.82) is 0 Å². The van der Waals surface area contributed by atoms with Crippen LogP contribution in [0.4, 0.5) is 0 Å². The highest BCUT2D eigenvalue weighted by atomic mass is 16.3. The molecule has 0 aromatic rings. The fourth-order valence-electron chi connectivity index (χ4n) is 8.74. The summed E-state index contributed by atoms with van der Waals surface area (Å²) in [5.74, 6) is 1.64. The number of allylic oxidation sites excluding steroid dienone is 6. The lowest BCUT2D eigenvalue weighted by Gasteiger charge is -2.59. The molecule has 2 nitrogen and oxygen atoms in total. The molecule has 7 atom stereocenters. The lowest BCUT2D eigenvalue weighted by Crippen LogP contribution is -2.53. The Morgan fingerprint density at radius 2 is 1.84 bits per heavy atom. The van der Waals surface area contributed by atoms with Crippen molar-refractivity contribution in [2.24, 2.45) is 39.4 Å². The first-order valence-corrected chi connectivity index (χ1v) is 13.1. The first kappa shape index (κ1) is 24.0. The molecule has 0 heterocycles. The number of fused-ring (bicyclic) bond motifs is 5. The Morgan fingerprint density at radius 1 is 1.16 bits per heavy atom. The van der Waals surface area contributed by atoms with Gasteiger partial charge < -0.3 is 5.11 Å². The third-order valence-corrected chi connectivity index (χ3v) is 10.8. The number of aliphatic hydroxyl groups is 1. The van der Waals surface area contributed by atoms with Gasteiger partial charge in [0.15, 0.2) is 0 Å². The van der Waals surface area contributed by atoms with Gasteiger partial charge in [-0.25, -0.2) is 0 Å². The van der Waals surface area contributed by atoms with Crippen molar-refractivity contribution >= 4 is 5.78 Å². The molecule has 0 aliphatic heterocycles. The summed E-state index contributed by atoms with van der Waals surface area (Å²) in [6.07, 6.45) is 13.9. The number of hydrogen-bond acceptors (Lipinski definition) is 2. The van der Waals surface area contributed by atoms with Gasteiger partial charge in [-0.3, -0.25) is 4.79 Å². The summed E-state index contributed by atoms with van der Waals surface area (Å²) in [6.45, 7) is 18.4. The zero-order valence-corrected chi connectivity index (χ0v) is 21.8. The van der Waals surface area contributed by atoms with Crippen LogP contribution in [0.1, 0.15) is 100 Å². The van der Waals surface area contributed by atoms with E-state index in [1.807, 2.05) is 0 Å². The monoisotopic (exact) mass is 438 g/mol. The zero-order chi connectivity index (χ0) is 23.7. The van der Waals surface area contributed by atoms with Crippen LogP contribution in [-0.4, -0.2) is 17.0 Å². The fourth-order valence-corrected chi connectivity index (χ4v) is 8.74. The van der Waals surface area contributed by atoms with E-state index in [0.29, 0.717) is 30.0 Å². The zero-order valence-electron chi connectivity index (χ0n) is 21.8. The molecule has 4 aliphatic carbocycles. The fraction of sp³-hybridized carbons (Fsp3) is 0.767. The van der Waals surface area contributed by atoms with Gasteiger partial charge in [-0.1, -0.05) is 65.3 Å². The van der Waals surface area contributed by atoms with E-state index in [-0.39, 0.29) is 27.8 Å². The van der Waals surface area contributed by atoms with Crippen LogP contribution in [0, 0.1) is 39.4 Å². The van der Waals surface area contributed by atoms with Gasteiger partial charge in [0.05, 0.1) is 6.10 Å². The first-order chi connectivity index (χ1) is 14.8. The first-order valence-electron chi connectivity index (χ1n) is 13.1. The number of carbonyl (C=O) groups is 1. The summed E-state index contributed by atoms with van der Waals surface area (Å²) < 4.78 is 0. The smallest absolute Gasteiger partial charge is 0.138 e. The molecular weight excluding hydrogens is 392 g/mol. The molecule has 0 amide bonds. The Morgan fingerprint density at radius 3 is 2.50 bits per heavy atom. The molecule has 1 N–H and O–H groups in total. The van der Waals surface area contributed by atoms with Gasteiger partial charge >= 0.3 is 0 Å². The number of Topliss-reactive ketones (excluding diaryl/α,β-unsaturated/α-hetero) is 1. The molecule has 0 saturated heterocycles. The molecule has 0 aromatic carbocycles. The molecular formula is C30H46O2. The van der Waals surface area contributed by atoms with Crippen molar-refractivity contribution in [3.8, 4) is 0 Å². The molecule has 0 radical (unpaired) electrons. The molecule has 0 unspecified atom stereocenters. The molecule has 2 heteroatoms. The van der Waals surface area contributed by atoms with E-state index in [9.17, 15) is 9.90 Å². The van der Waals surface area contributed by atoms with E-state index in [1.165, 1.54) is 16.7 Å². The molecule has 32 heavy (non-hydrogen) atoms. The van der Waals surface area contributed by atoms with Gasteiger partial charge in [0.2, 0.25) is 0 Å². The second-order valence-corrected chi connectivity index (χ2v) is 13.2. The van der Waals surface area contributed by atoms with Crippen LogP contribution in [0.3, 0.4) is 0 Å². The molecule has 0 bridgehead atoms. The van der Waals surface area contributed by atoms with Crippen molar-refractivity contribution < 1.29 is 9.90 Å². The topological polar surface area (TPSA) is 37.3 Å². The second kappa shape index (κ2) is 7.69. The summed E-state index contributed by atoms with van der Waals surface area (Å²) in [5.41, 5.74) is 4.31. The maximum atomic E-state index is 12.8. The third-order valence-electron chi connectivity index (χ3n) is 10.8. The standard InChI is InChI=1S/C30H46O2/c1-19(2)10-9-11-20(3)26-23(31)18-30(8)22-12-13-24-27(4,5)25(32)15-16-28(24,6)21(22)14-17-29(26,30)7/h10,12,14,20,23-24,26,31H,9,11,13,15-18H2,1-8H3/t20-,23-,24+,26+,28-,29-,30+/m1/s1. The Bertz CT molecular complexity index is 885. The predicted molar refractivity (Wildman–Crippen MR) is 133 cm³/mol. The highest BCUT2D eigenvalue weighted by molar-refractivity contribution is 5.86. The van der Waals surface area contributed by atoms with Crippen LogP contribution in [-0.2, 0) is 4.79 Å². The van der Waals surface area contributed by atoms with Gasteiger partial charge in [-0.05, 0) is 92.1 Å². The normalized spacial score (nSPS) is 43.4. The van der Waals surface area contributed by atoms with Crippen molar-refractivity contribution in [1.82, 2.24) is 0 Å².